The number of hydrogen-bond donors (Lipinski definition) is 0. The van der Waals surface area contributed by atoms with Crippen LogP contribution < -0.4 is 0 Å². The third-order valence-corrected chi connectivity index (χ3v) is 3.66. The van der Waals surface area contributed by atoms with E-state index in [0.29, 0.717) is 6.54 Å². The Morgan fingerprint density at radius 3 is 2.55 bits per heavy atom. The minimum Gasteiger partial charge on any atom is -0.375 e. The van der Waals surface area contributed by atoms with Gasteiger partial charge >= 0.3 is 0 Å². The maximum atomic E-state index is 12.2. The molecule has 2 rings (SSSR count). The van der Waals surface area contributed by atoms with E-state index in [1.54, 1.807) is 7.11 Å². The number of hydrogen-bond acceptors (Lipinski definition) is 2. The number of aromatic nitrogens is 1. The molecule has 2 aromatic rings. The van der Waals surface area contributed by atoms with Gasteiger partial charge in [-0.25, -0.2) is 0 Å². The molecule has 0 saturated heterocycles. The van der Waals surface area contributed by atoms with E-state index < -0.39 is 0 Å². The third-order valence-electron chi connectivity index (χ3n) is 3.66. The first-order chi connectivity index (χ1) is 10.6. The minimum absolute atomic E-state index is 0.0185. The Balaban J connectivity index is 2.12. The summed E-state index contributed by atoms with van der Waals surface area (Å²) in [4.78, 5) is 14.0. The number of nitrogens with zero attached hydrogens (tertiary/aromatic N) is 2. The summed E-state index contributed by atoms with van der Waals surface area (Å²) in [5, 5.41) is 0. The zero-order chi connectivity index (χ0) is 15.9. The number of amides is 1. The van der Waals surface area contributed by atoms with Gasteiger partial charge in [-0.1, -0.05) is 30.3 Å². The highest BCUT2D eigenvalue weighted by molar-refractivity contribution is 5.77. The Hall–Kier alpha value is -2.07. The van der Waals surface area contributed by atoms with Crippen molar-refractivity contribution < 1.29 is 9.53 Å². The van der Waals surface area contributed by atoms with E-state index >= 15 is 0 Å². The van der Waals surface area contributed by atoms with Crippen LogP contribution in [0.4, 0.5) is 0 Å². The average molecular weight is 300 g/mol. The molecular formula is C18H24N2O2. The van der Waals surface area contributed by atoms with E-state index in [-0.39, 0.29) is 18.6 Å². The summed E-state index contributed by atoms with van der Waals surface area (Å²) in [6, 6.07) is 14.6. The van der Waals surface area contributed by atoms with Crippen LogP contribution >= 0.6 is 0 Å². The SMILES string of the molecule is COCC(=O)N(Cc1cccn1Cc1ccccc1)C(C)C. The largest absolute Gasteiger partial charge is 0.375 e. The lowest BCUT2D eigenvalue weighted by atomic mass is 10.2. The molecule has 0 aliphatic rings. The van der Waals surface area contributed by atoms with Gasteiger partial charge in [-0.3, -0.25) is 4.79 Å². The van der Waals surface area contributed by atoms with E-state index in [4.69, 9.17) is 4.74 Å². The first kappa shape index (κ1) is 16.3. The molecule has 0 radical (unpaired) electrons. The lowest BCUT2D eigenvalue weighted by Gasteiger charge is -2.27. The Morgan fingerprint density at radius 1 is 1.18 bits per heavy atom. The van der Waals surface area contributed by atoms with Crippen LogP contribution in [0, 0.1) is 0 Å². The predicted octanol–water partition coefficient (Wildman–Crippen LogP) is 2.92. The molecule has 22 heavy (non-hydrogen) atoms. The summed E-state index contributed by atoms with van der Waals surface area (Å²) in [7, 11) is 1.55. The molecule has 0 bridgehead atoms. The highest BCUT2D eigenvalue weighted by Crippen LogP contribution is 2.12. The topological polar surface area (TPSA) is 34.5 Å². The summed E-state index contributed by atoms with van der Waals surface area (Å²) in [5.74, 6) is 0.0185. The van der Waals surface area contributed by atoms with Crippen molar-refractivity contribution in [3.63, 3.8) is 0 Å². The lowest BCUT2D eigenvalue weighted by Crippen LogP contribution is -2.39. The first-order valence-electron chi connectivity index (χ1n) is 7.58. The normalized spacial score (nSPS) is 10.9. The molecule has 4 nitrogen and oxygen atoms in total. The highest BCUT2D eigenvalue weighted by atomic mass is 16.5. The van der Waals surface area contributed by atoms with Crippen LogP contribution in [-0.4, -0.2) is 35.1 Å². The molecule has 1 heterocycles. The lowest BCUT2D eigenvalue weighted by molar-refractivity contribution is -0.137. The predicted molar refractivity (Wildman–Crippen MR) is 87.5 cm³/mol. The molecule has 1 aromatic heterocycles. The van der Waals surface area contributed by atoms with E-state index in [1.165, 1.54) is 5.56 Å². The second-order valence-electron chi connectivity index (χ2n) is 5.66. The second kappa shape index (κ2) is 7.80. The molecule has 0 N–H and O–H groups in total. The number of carbonyl (C=O) groups excluding carboxylic acids is 1. The monoisotopic (exact) mass is 300 g/mol. The number of rotatable bonds is 7. The van der Waals surface area contributed by atoms with Crippen LogP contribution in [0.5, 0.6) is 0 Å². The van der Waals surface area contributed by atoms with Gasteiger partial charge in [0.25, 0.3) is 0 Å². The van der Waals surface area contributed by atoms with Crippen molar-refractivity contribution in [1.29, 1.82) is 0 Å². The van der Waals surface area contributed by atoms with Gasteiger partial charge in [0.1, 0.15) is 6.61 Å². The number of ether oxygens (including phenoxy) is 1. The Kier molecular flexibility index (Phi) is 5.78. The van der Waals surface area contributed by atoms with Gasteiger partial charge in [0.15, 0.2) is 0 Å². The van der Waals surface area contributed by atoms with Gasteiger partial charge in [-0.05, 0) is 31.5 Å². The summed E-state index contributed by atoms with van der Waals surface area (Å²) < 4.78 is 7.17. The van der Waals surface area contributed by atoms with Crippen molar-refractivity contribution in [2.45, 2.75) is 33.0 Å². The quantitative estimate of drug-likeness (QED) is 0.788. The number of benzene rings is 1. The molecule has 0 atom stereocenters. The molecule has 1 amide bonds. The summed E-state index contributed by atoms with van der Waals surface area (Å²) in [5.41, 5.74) is 2.38. The molecule has 118 valence electrons. The molecule has 0 fully saturated rings. The average Bonchev–Trinajstić information content (AvgIpc) is 2.92. The molecule has 0 saturated carbocycles. The summed E-state index contributed by atoms with van der Waals surface area (Å²) in [6.45, 7) is 5.58. The van der Waals surface area contributed by atoms with Crippen molar-refractivity contribution in [2.75, 3.05) is 13.7 Å². The van der Waals surface area contributed by atoms with Gasteiger partial charge < -0.3 is 14.2 Å². The summed E-state index contributed by atoms with van der Waals surface area (Å²) in [6.07, 6.45) is 2.06. The molecule has 4 heteroatoms. The van der Waals surface area contributed by atoms with Crippen LogP contribution in [0.2, 0.25) is 0 Å². The Labute approximate surface area is 132 Å². The first-order valence-corrected chi connectivity index (χ1v) is 7.58. The molecule has 0 aliphatic heterocycles. The molecule has 1 aromatic carbocycles. The summed E-state index contributed by atoms with van der Waals surface area (Å²) >= 11 is 0. The molecule has 0 unspecified atom stereocenters. The fourth-order valence-corrected chi connectivity index (χ4v) is 2.47. The van der Waals surface area contributed by atoms with Gasteiger partial charge in [0.2, 0.25) is 5.91 Å². The van der Waals surface area contributed by atoms with Crippen molar-refractivity contribution in [1.82, 2.24) is 9.47 Å². The van der Waals surface area contributed by atoms with Crippen LogP contribution in [0.1, 0.15) is 25.1 Å². The number of carbonyl (C=O) groups is 1. The van der Waals surface area contributed by atoms with E-state index in [2.05, 4.69) is 29.0 Å². The highest BCUT2D eigenvalue weighted by Gasteiger charge is 2.18. The van der Waals surface area contributed by atoms with Gasteiger partial charge in [0.05, 0.1) is 6.54 Å². The third kappa shape index (κ3) is 4.21. The Morgan fingerprint density at radius 2 is 1.91 bits per heavy atom. The second-order valence-corrected chi connectivity index (χ2v) is 5.66. The van der Waals surface area contributed by atoms with Crippen molar-refractivity contribution in [2.24, 2.45) is 0 Å². The fourth-order valence-electron chi connectivity index (χ4n) is 2.47. The fraction of sp³-hybridized carbons (Fsp3) is 0.389. The van der Waals surface area contributed by atoms with Crippen LogP contribution in [0.3, 0.4) is 0 Å². The molecular weight excluding hydrogens is 276 g/mol. The van der Waals surface area contributed by atoms with Crippen LogP contribution in [0.25, 0.3) is 0 Å². The van der Waals surface area contributed by atoms with Gasteiger partial charge in [-0.15, -0.1) is 0 Å². The van der Waals surface area contributed by atoms with E-state index in [0.717, 1.165) is 12.2 Å². The van der Waals surface area contributed by atoms with Gasteiger partial charge in [-0.2, -0.15) is 0 Å². The zero-order valence-corrected chi connectivity index (χ0v) is 13.5. The number of methoxy groups -OCH3 is 1. The molecule has 0 spiro atoms. The maximum absolute atomic E-state index is 12.2. The van der Waals surface area contributed by atoms with Crippen molar-refractivity contribution in [3.05, 3.63) is 59.9 Å². The smallest absolute Gasteiger partial charge is 0.249 e. The van der Waals surface area contributed by atoms with E-state index in [1.807, 2.05) is 43.0 Å². The minimum atomic E-state index is 0.0185. The van der Waals surface area contributed by atoms with Crippen molar-refractivity contribution in [3.8, 4) is 0 Å². The Bertz CT molecular complexity index is 590. The van der Waals surface area contributed by atoms with Crippen molar-refractivity contribution >= 4 is 5.91 Å². The maximum Gasteiger partial charge on any atom is 0.249 e. The zero-order valence-electron chi connectivity index (χ0n) is 13.5. The van der Waals surface area contributed by atoms with Crippen LogP contribution in [0.15, 0.2) is 48.7 Å². The van der Waals surface area contributed by atoms with Gasteiger partial charge in [0, 0.05) is 31.6 Å². The van der Waals surface area contributed by atoms with E-state index in [9.17, 15) is 4.79 Å². The standard InChI is InChI=1S/C18H24N2O2/c1-15(2)20(18(21)14-22-3)13-17-10-7-11-19(17)12-16-8-5-4-6-9-16/h4-11,15H,12-14H2,1-3H3. The van der Waals surface area contributed by atoms with Crippen LogP contribution in [-0.2, 0) is 22.6 Å². The molecule has 0 aliphatic carbocycles.